The van der Waals surface area contributed by atoms with Gasteiger partial charge in [0.1, 0.15) is 17.8 Å². The van der Waals surface area contributed by atoms with E-state index in [0.717, 1.165) is 31.2 Å². The predicted octanol–water partition coefficient (Wildman–Crippen LogP) is 6.31. The van der Waals surface area contributed by atoms with Crippen molar-refractivity contribution in [3.8, 4) is 28.8 Å². The minimum atomic E-state index is -4.56. The molecular formula is C28H29F3N6O5. The molecular weight excluding hydrogens is 557 g/mol. The second-order valence-electron chi connectivity index (χ2n) is 9.57. The van der Waals surface area contributed by atoms with Gasteiger partial charge in [-0.2, -0.15) is 13.2 Å². The van der Waals surface area contributed by atoms with Crippen LogP contribution >= 0.6 is 0 Å². The standard InChI is InChI=1S/C28H29F3N6O5/c1-6-40-21-11-18(13-33-25(21)41-15-17-7-9-19(39-5)10-8-17)24-32-14-20(16(2)34-24)35-26(38)36-23-12-22(42-37-23)27(3,4)28(29,30)31/h7-14H,6,15H2,1-5H3,(H2,35,36,37,38). The summed E-state index contributed by atoms with van der Waals surface area (Å²) < 4.78 is 61.3. The molecule has 0 unspecified atom stereocenters. The van der Waals surface area contributed by atoms with Crippen LogP contribution in [0.3, 0.4) is 0 Å². The summed E-state index contributed by atoms with van der Waals surface area (Å²) >= 11 is 0. The number of anilines is 2. The van der Waals surface area contributed by atoms with Crippen LogP contribution in [0.15, 0.2) is 53.3 Å². The number of ether oxygens (including phenoxy) is 3. The van der Waals surface area contributed by atoms with E-state index in [1.807, 2.05) is 31.2 Å². The van der Waals surface area contributed by atoms with E-state index in [2.05, 4.69) is 30.7 Å². The molecule has 42 heavy (non-hydrogen) atoms. The van der Waals surface area contributed by atoms with E-state index in [1.165, 1.54) is 6.20 Å². The van der Waals surface area contributed by atoms with Crippen LogP contribution in [0.1, 0.15) is 37.8 Å². The molecule has 0 aliphatic rings. The summed E-state index contributed by atoms with van der Waals surface area (Å²) in [6.45, 7) is 6.05. The maximum absolute atomic E-state index is 13.3. The number of hydrogen-bond acceptors (Lipinski definition) is 9. The van der Waals surface area contributed by atoms with Gasteiger partial charge in [-0.15, -0.1) is 0 Å². The Bertz CT molecular complexity index is 1540. The number of nitrogens with one attached hydrogen (secondary N) is 2. The number of carbonyl (C=O) groups is 1. The summed E-state index contributed by atoms with van der Waals surface area (Å²) in [5.41, 5.74) is -0.116. The van der Waals surface area contributed by atoms with Gasteiger partial charge in [0.05, 0.1) is 31.3 Å². The largest absolute Gasteiger partial charge is 0.497 e. The van der Waals surface area contributed by atoms with Crippen molar-refractivity contribution < 1.29 is 36.7 Å². The number of urea groups is 1. The van der Waals surface area contributed by atoms with E-state index in [0.29, 0.717) is 35.3 Å². The van der Waals surface area contributed by atoms with E-state index in [-0.39, 0.29) is 18.1 Å². The fourth-order valence-corrected chi connectivity index (χ4v) is 3.56. The highest BCUT2D eigenvalue weighted by molar-refractivity contribution is 5.99. The number of hydrogen-bond donors (Lipinski definition) is 2. The lowest BCUT2D eigenvalue weighted by Crippen LogP contribution is -2.35. The van der Waals surface area contributed by atoms with Crippen molar-refractivity contribution in [2.75, 3.05) is 24.4 Å². The first-order valence-corrected chi connectivity index (χ1v) is 12.8. The number of benzene rings is 1. The Morgan fingerprint density at radius 2 is 1.76 bits per heavy atom. The second-order valence-corrected chi connectivity index (χ2v) is 9.57. The lowest BCUT2D eigenvalue weighted by atomic mass is 9.89. The van der Waals surface area contributed by atoms with Gasteiger partial charge in [0.15, 0.2) is 23.2 Å². The highest BCUT2D eigenvalue weighted by Crippen LogP contribution is 2.41. The fraction of sp³-hybridized carbons (Fsp3) is 0.321. The molecule has 0 spiro atoms. The molecule has 1 aromatic carbocycles. The number of rotatable bonds is 10. The molecule has 0 aliphatic carbocycles. The SMILES string of the molecule is CCOc1cc(-c2ncc(NC(=O)Nc3cc(C(C)(C)C(F)(F)F)on3)c(C)n2)cnc1OCc1ccc(OC)cc1. The number of pyridine rings is 1. The summed E-state index contributed by atoms with van der Waals surface area (Å²) in [5, 5.41) is 8.40. The van der Waals surface area contributed by atoms with Crippen molar-refractivity contribution in [3.63, 3.8) is 0 Å². The third-order valence-electron chi connectivity index (χ3n) is 6.21. The van der Waals surface area contributed by atoms with Crippen LogP contribution in [0.4, 0.5) is 29.5 Å². The molecule has 0 saturated carbocycles. The third kappa shape index (κ3) is 6.87. The van der Waals surface area contributed by atoms with Crippen molar-refractivity contribution in [2.45, 2.75) is 45.9 Å². The Labute approximate surface area is 239 Å². The van der Waals surface area contributed by atoms with Crippen LogP contribution < -0.4 is 24.8 Å². The normalized spacial score (nSPS) is 11.6. The summed E-state index contributed by atoms with van der Waals surface area (Å²) in [4.78, 5) is 25.6. The quantitative estimate of drug-likeness (QED) is 0.219. The molecule has 0 atom stereocenters. The first-order chi connectivity index (χ1) is 19.9. The highest BCUT2D eigenvalue weighted by Gasteiger charge is 2.51. The van der Waals surface area contributed by atoms with Gasteiger partial charge in [-0.05, 0) is 51.5 Å². The Balaban J connectivity index is 1.43. The molecule has 4 aromatic rings. The van der Waals surface area contributed by atoms with E-state index < -0.39 is 23.4 Å². The molecule has 0 saturated heterocycles. The van der Waals surface area contributed by atoms with Gasteiger partial charge >= 0.3 is 12.2 Å². The zero-order chi connectivity index (χ0) is 30.5. The van der Waals surface area contributed by atoms with Crippen molar-refractivity contribution in [2.24, 2.45) is 0 Å². The molecule has 4 rings (SSSR count). The van der Waals surface area contributed by atoms with Gasteiger partial charge in [-0.3, -0.25) is 5.32 Å². The average Bonchev–Trinajstić information content (AvgIpc) is 3.42. The van der Waals surface area contributed by atoms with Gasteiger partial charge in [0.2, 0.25) is 0 Å². The summed E-state index contributed by atoms with van der Waals surface area (Å²) in [6, 6.07) is 9.41. The number of alkyl halides is 3. The molecule has 2 amide bonds. The topological polar surface area (TPSA) is 134 Å². The molecule has 2 N–H and O–H groups in total. The van der Waals surface area contributed by atoms with Crippen LogP contribution in [-0.4, -0.2) is 46.0 Å². The average molecular weight is 587 g/mol. The third-order valence-corrected chi connectivity index (χ3v) is 6.21. The smallest absolute Gasteiger partial charge is 0.401 e. The molecule has 222 valence electrons. The molecule has 0 fully saturated rings. The van der Waals surface area contributed by atoms with Gasteiger partial charge in [0.25, 0.3) is 5.88 Å². The van der Waals surface area contributed by atoms with Gasteiger partial charge in [-0.1, -0.05) is 17.3 Å². The van der Waals surface area contributed by atoms with Gasteiger partial charge < -0.3 is 24.1 Å². The number of halogens is 3. The van der Waals surface area contributed by atoms with Gasteiger partial charge in [0, 0.05) is 17.8 Å². The van der Waals surface area contributed by atoms with Crippen molar-refractivity contribution >= 4 is 17.5 Å². The monoisotopic (exact) mass is 586 g/mol. The van der Waals surface area contributed by atoms with Gasteiger partial charge in [-0.25, -0.2) is 19.7 Å². The minimum Gasteiger partial charge on any atom is -0.497 e. The minimum absolute atomic E-state index is 0.182. The summed E-state index contributed by atoms with van der Waals surface area (Å²) in [7, 11) is 1.60. The molecule has 0 radical (unpaired) electrons. The van der Waals surface area contributed by atoms with E-state index in [1.54, 1.807) is 26.3 Å². The van der Waals surface area contributed by atoms with E-state index >= 15 is 0 Å². The van der Waals surface area contributed by atoms with E-state index in [4.69, 9.17) is 18.7 Å². The lowest BCUT2D eigenvalue weighted by Gasteiger charge is -2.24. The Hall–Kier alpha value is -4.88. The van der Waals surface area contributed by atoms with Crippen molar-refractivity contribution in [1.29, 1.82) is 0 Å². The number of carbonyl (C=O) groups excluding carboxylic acids is 1. The number of nitrogens with zero attached hydrogens (tertiary/aromatic N) is 4. The molecule has 0 bridgehead atoms. The summed E-state index contributed by atoms with van der Waals surface area (Å²) in [5.74, 6) is 1.16. The van der Waals surface area contributed by atoms with Crippen LogP contribution in [0.5, 0.6) is 17.4 Å². The molecule has 3 heterocycles. The Morgan fingerprint density at radius 1 is 1.02 bits per heavy atom. The highest BCUT2D eigenvalue weighted by atomic mass is 19.4. The first-order valence-electron chi connectivity index (χ1n) is 12.8. The van der Waals surface area contributed by atoms with Crippen LogP contribution in [-0.2, 0) is 12.0 Å². The first kappa shape index (κ1) is 30.1. The van der Waals surface area contributed by atoms with E-state index in [9.17, 15) is 18.0 Å². The zero-order valence-corrected chi connectivity index (χ0v) is 23.5. The second kappa shape index (κ2) is 12.3. The number of amides is 2. The summed E-state index contributed by atoms with van der Waals surface area (Å²) in [6.07, 6.45) is -1.62. The van der Waals surface area contributed by atoms with Crippen molar-refractivity contribution in [1.82, 2.24) is 20.1 Å². The fourth-order valence-electron chi connectivity index (χ4n) is 3.56. The van der Waals surface area contributed by atoms with Crippen molar-refractivity contribution in [3.05, 3.63) is 65.8 Å². The van der Waals surface area contributed by atoms with Crippen LogP contribution in [0.25, 0.3) is 11.4 Å². The Kier molecular flexibility index (Phi) is 8.83. The van der Waals surface area contributed by atoms with Crippen LogP contribution in [0.2, 0.25) is 0 Å². The molecule has 14 heteroatoms. The Morgan fingerprint density at radius 3 is 2.40 bits per heavy atom. The number of aromatic nitrogens is 4. The maximum atomic E-state index is 13.3. The predicted molar refractivity (Wildman–Crippen MR) is 147 cm³/mol. The number of methoxy groups -OCH3 is 1. The molecule has 0 aliphatic heterocycles. The maximum Gasteiger partial charge on any atom is 0.401 e. The number of aryl methyl sites for hydroxylation is 1. The molecule has 3 aromatic heterocycles. The van der Waals surface area contributed by atoms with Crippen LogP contribution in [0, 0.1) is 6.92 Å². The molecule has 11 nitrogen and oxygen atoms in total. The zero-order valence-electron chi connectivity index (χ0n) is 23.5. The lowest BCUT2D eigenvalue weighted by molar-refractivity contribution is -0.185.